The first-order valence-corrected chi connectivity index (χ1v) is 8.37. The zero-order valence-corrected chi connectivity index (χ0v) is 14.9. The van der Waals surface area contributed by atoms with Crippen LogP contribution in [0.5, 0.6) is 5.75 Å². The normalized spacial score (nSPS) is 16.9. The number of nitrogens with one attached hydrogen (secondary N) is 3. The van der Waals surface area contributed by atoms with E-state index in [1.165, 1.54) is 0 Å². The molecule has 1 atom stereocenters. The molecule has 1 aliphatic heterocycles. The van der Waals surface area contributed by atoms with Gasteiger partial charge in [0.15, 0.2) is 5.11 Å². The minimum absolute atomic E-state index is 0.158. The van der Waals surface area contributed by atoms with Gasteiger partial charge in [-0.2, -0.15) is 0 Å². The Hall–Kier alpha value is -2.57. The Morgan fingerprint density at radius 2 is 1.96 bits per heavy atom. The molecule has 0 unspecified atom stereocenters. The number of anilines is 1. The lowest BCUT2D eigenvalue weighted by Crippen LogP contribution is -2.45. The van der Waals surface area contributed by atoms with E-state index in [1.807, 2.05) is 0 Å². The topological polar surface area (TPSA) is 73.4 Å². The first-order valence-electron chi connectivity index (χ1n) is 7.58. The van der Waals surface area contributed by atoms with Crippen molar-refractivity contribution in [2.75, 3.05) is 5.32 Å². The van der Waals surface area contributed by atoms with E-state index in [-0.39, 0.29) is 11.7 Å². The lowest BCUT2D eigenvalue weighted by molar-refractivity contribution is -0.113. The van der Waals surface area contributed by atoms with Crippen LogP contribution in [0.2, 0.25) is 5.02 Å². The largest absolute Gasteiger partial charge is 0.508 e. The van der Waals surface area contributed by atoms with Crippen molar-refractivity contribution in [1.29, 1.82) is 0 Å². The van der Waals surface area contributed by atoms with Crippen LogP contribution in [0.1, 0.15) is 18.5 Å². The molecule has 0 saturated heterocycles. The monoisotopic (exact) mass is 373 g/mol. The number of phenolic OH excluding ortho intramolecular Hbond substituents is 1. The van der Waals surface area contributed by atoms with Crippen molar-refractivity contribution >= 4 is 40.5 Å². The number of thiocarbonyl (C=S) groups is 1. The van der Waals surface area contributed by atoms with Crippen molar-refractivity contribution in [3.8, 4) is 5.75 Å². The third-order valence-electron chi connectivity index (χ3n) is 3.82. The summed E-state index contributed by atoms with van der Waals surface area (Å²) in [6, 6.07) is 13.2. The third kappa shape index (κ3) is 3.92. The number of hydrogen-bond donors (Lipinski definition) is 4. The van der Waals surface area contributed by atoms with Crippen molar-refractivity contribution in [2.45, 2.75) is 13.0 Å². The highest BCUT2D eigenvalue weighted by molar-refractivity contribution is 7.80. The van der Waals surface area contributed by atoms with E-state index in [9.17, 15) is 9.90 Å². The standard InChI is InChI=1S/C18H16ClN3O2S/c1-10-15(17(24)21-13-4-2-3-12(19)9-13)16(22-18(25)20-10)11-5-7-14(23)8-6-11/h2-9,16,23H,1H3,(H,21,24)(H2,20,22,25)/t16-/m1/s1. The average Bonchev–Trinajstić information content (AvgIpc) is 2.54. The van der Waals surface area contributed by atoms with Gasteiger partial charge < -0.3 is 21.1 Å². The van der Waals surface area contributed by atoms with Gasteiger partial charge in [-0.25, -0.2) is 0 Å². The fourth-order valence-electron chi connectivity index (χ4n) is 2.68. The minimum atomic E-state index is -0.423. The highest BCUT2D eigenvalue weighted by atomic mass is 35.5. The smallest absolute Gasteiger partial charge is 0.255 e. The number of phenols is 1. The molecule has 2 aromatic rings. The van der Waals surface area contributed by atoms with Crippen molar-refractivity contribution in [2.24, 2.45) is 0 Å². The summed E-state index contributed by atoms with van der Waals surface area (Å²) in [5.74, 6) is -0.105. The summed E-state index contributed by atoms with van der Waals surface area (Å²) in [6.07, 6.45) is 0. The Morgan fingerprint density at radius 3 is 2.64 bits per heavy atom. The second-order valence-electron chi connectivity index (χ2n) is 5.63. The fraction of sp³-hybridized carbons (Fsp3) is 0.111. The number of halogens is 1. The Bertz CT molecular complexity index is 865. The van der Waals surface area contributed by atoms with Crippen LogP contribution in [0.4, 0.5) is 5.69 Å². The van der Waals surface area contributed by atoms with Crippen LogP contribution in [0, 0.1) is 0 Å². The highest BCUT2D eigenvalue weighted by Gasteiger charge is 2.29. The summed E-state index contributed by atoms with van der Waals surface area (Å²) in [4.78, 5) is 12.9. The summed E-state index contributed by atoms with van der Waals surface area (Å²) in [5.41, 5.74) is 2.60. The van der Waals surface area contributed by atoms with Crippen LogP contribution >= 0.6 is 23.8 Å². The number of allylic oxidation sites excluding steroid dienone is 1. The highest BCUT2D eigenvalue weighted by Crippen LogP contribution is 2.29. The summed E-state index contributed by atoms with van der Waals surface area (Å²) in [5, 5.41) is 19.4. The predicted octanol–water partition coefficient (Wildman–Crippen LogP) is 3.48. The van der Waals surface area contributed by atoms with E-state index in [4.69, 9.17) is 23.8 Å². The molecule has 1 heterocycles. The van der Waals surface area contributed by atoms with Crippen LogP contribution in [-0.2, 0) is 4.79 Å². The van der Waals surface area contributed by atoms with Crippen LogP contribution in [0.3, 0.4) is 0 Å². The second-order valence-corrected chi connectivity index (χ2v) is 6.47. The SMILES string of the molecule is CC1=C(C(=O)Nc2cccc(Cl)c2)[C@@H](c2ccc(O)cc2)NC(=S)N1. The molecule has 128 valence electrons. The van der Waals surface area contributed by atoms with Gasteiger partial charge in [0.2, 0.25) is 0 Å². The van der Waals surface area contributed by atoms with Crippen molar-refractivity contribution in [1.82, 2.24) is 10.6 Å². The number of rotatable bonds is 3. The van der Waals surface area contributed by atoms with Crippen LogP contribution in [-0.4, -0.2) is 16.1 Å². The van der Waals surface area contributed by atoms with Gasteiger partial charge in [0.05, 0.1) is 11.6 Å². The zero-order chi connectivity index (χ0) is 18.0. The van der Waals surface area contributed by atoms with E-state index in [1.54, 1.807) is 55.5 Å². The number of carbonyl (C=O) groups is 1. The van der Waals surface area contributed by atoms with E-state index >= 15 is 0 Å². The molecule has 0 saturated carbocycles. The molecule has 5 nitrogen and oxygen atoms in total. The Morgan fingerprint density at radius 1 is 1.24 bits per heavy atom. The summed E-state index contributed by atoms with van der Waals surface area (Å²) >= 11 is 11.2. The number of carbonyl (C=O) groups excluding carboxylic acids is 1. The third-order valence-corrected chi connectivity index (χ3v) is 4.28. The van der Waals surface area contributed by atoms with Gasteiger partial charge in [-0.15, -0.1) is 0 Å². The molecule has 0 radical (unpaired) electrons. The molecule has 1 amide bonds. The molecule has 0 fully saturated rings. The molecule has 0 aliphatic carbocycles. The molecule has 0 spiro atoms. The Balaban J connectivity index is 1.94. The maximum atomic E-state index is 12.9. The molecule has 4 N–H and O–H groups in total. The number of benzene rings is 2. The molecular weight excluding hydrogens is 358 g/mol. The zero-order valence-electron chi connectivity index (χ0n) is 13.3. The van der Waals surface area contributed by atoms with E-state index in [0.717, 1.165) is 5.56 Å². The van der Waals surface area contributed by atoms with Crippen molar-refractivity contribution in [3.05, 3.63) is 70.4 Å². The van der Waals surface area contributed by atoms with Crippen molar-refractivity contribution in [3.63, 3.8) is 0 Å². The second kappa shape index (κ2) is 7.13. The molecular formula is C18H16ClN3O2S. The van der Waals surface area contributed by atoms with Gasteiger partial charge in [0.25, 0.3) is 5.91 Å². The van der Waals surface area contributed by atoms with Crippen LogP contribution in [0.25, 0.3) is 0 Å². The van der Waals surface area contributed by atoms with Crippen LogP contribution < -0.4 is 16.0 Å². The van der Waals surface area contributed by atoms with Crippen molar-refractivity contribution < 1.29 is 9.90 Å². The van der Waals surface area contributed by atoms with E-state index in [0.29, 0.717) is 27.1 Å². The van der Waals surface area contributed by atoms with Gasteiger partial charge >= 0.3 is 0 Å². The summed E-state index contributed by atoms with van der Waals surface area (Å²) < 4.78 is 0. The lowest BCUT2D eigenvalue weighted by atomic mass is 9.95. The van der Waals surface area contributed by atoms with Gasteiger partial charge in [-0.3, -0.25) is 4.79 Å². The molecule has 2 aromatic carbocycles. The number of aromatic hydroxyl groups is 1. The van der Waals surface area contributed by atoms with Gasteiger partial charge in [0, 0.05) is 16.4 Å². The van der Waals surface area contributed by atoms with Gasteiger partial charge in [-0.05, 0) is 55.0 Å². The number of amides is 1. The Labute approximate surface area is 155 Å². The Kier molecular flexibility index (Phi) is 4.92. The molecule has 25 heavy (non-hydrogen) atoms. The molecule has 0 aromatic heterocycles. The maximum absolute atomic E-state index is 12.9. The van der Waals surface area contributed by atoms with E-state index in [2.05, 4.69) is 16.0 Å². The predicted molar refractivity (Wildman–Crippen MR) is 102 cm³/mol. The first kappa shape index (κ1) is 17.3. The molecule has 0 bridgehead atoms. The molecule has 1 aliphatic rings. The molecule has 7 heteroatoms. The fourth-order valence-corrected chi connectivity index (χ4v) is 3.14. The minimum Gasteiger partial charge on any atom is -0.508 e. The lowest BCUT2D eigenvalue weighted by Gasteiger charge is -2.30. The summed E-state index contributed by atoms with van der Waals surface area (Å²) in [7, 11) is 0. The molecule has 3 rings (SSSR count). The first-order chi connectivity index (χ1) is 11.9. The van der Waals surface area contributed by atoms with Gasteiger partial charge in [-0.1, -0.05) is 29.8 Å². The summed E-state index contributed by atoms with van der Waals surface area (Å²) in [6.45, 7) is 1.80. The van der Waals surface area contributed by atoms with Crippen LogP contribution in [0.15, 0.2) is 59.8 Å². The van der Waals surface area contributed by atoms with E-state index < -0.39 is 6.04 Å². The number of hydrogen-bond acceptors (Lipinski definition) is 3. The maximum Gasteiger partial charge on any atom is 0.255 e. The van der Waals surface area contributed by atoms with Gasteiger partial charge in [0.1, 0.15) is 5.75 Å². The quantitative estimate of drug-likeness (QED) is 0.620. The average molecular weight is 374 g/mol.